The Bertz CT molecular complexity index is 418. The lowest BCUT2D eigenvalue weighted by atomic mass is 9.82. The Morgan fingerprint density at radius 3 is 2.32 bits per heavy atom. The minimum Gasteiger partial charge on any atom is -0.494 e. The van der Waals surface area contributed by atoms with E-state index in [1.54, 1.807) is 4.90 Å². The second-order valence-electron chi connectivity index (χ2n) is 7.38. The number of ether oxygens (including phenoxy) is 1. The first-order valence-electron chi connectivity index (χ1n) is 9.19. The number of quaternary nitrogens is 1. The van der Waals surface area contributed by atoms with Crippen LogP contribution in [-0.2, 0) is 5.41 Å². The molecule has 1 fully saturated rings. The Morgan fingerprint density at radius 2 is 1.68 bits per heavy atom. The topological polar surface area (TPSA) is 13.7 Å². The highest BCUT2D eigenvalue weighted by Crippen LogP contribution is 2.28. The molecule has 2 nitrogen and oxygen atoms in total. The molecular weight excluding hydrogens is 270 g/mol. The zero-order chi connectivity index (χ0) is 15.8. The van der Waals surface area contributed by atoms with Crippen LogP contribution in [0.15, 0.2) is 24.3 Å². The van der Waals surface area contributed by atoms with Crippen LogP contribution in [0, 0.1) is 0 Å². The number of piperidine rings is 1. The molecule has 1 heterocycles. The van der Waals surface area contributed by atoms with Crippen LogP contribution in [0.3, 0.4) is 0 Å². The van der Waals surface area contributed by atoms with Crippen molar-refractivity contribution in [3.8, 4) is 5.75 Å². The van der Waals surface area contributed by atoms with Gasteiger partial charge >= 0.3 is 0 Å². The van der Waals surface area contributed by atoms with Crippen molar-refractivity contribution in [1.82, 2.24) is 0 Å². The fourth-order valence-electron chi connectivity index (χ4n) is 3.18. The maximum absolute atomic E-state index is 5.89. The van der Waals surface area contributed by atoms with Gasteiger partial charge in [-0.2, -0.15) is 0 Å². The van der Waals surface area contributed by atoms with Crippen LogP contribution >= 0.6 is 0 Å². The Morgan fingerprint density at radius 1 is 1.00 bits per heavy atom. The van der Waals surface area contributed by atoms with Crippen LogP contribution < -0.4 is 9.64 Å². The van der Waals surface area contributed by atoms with Crippen LogP contribution in [0.25, 0.3) is 0 Å². The fraction of sp³-hybridized carbons (Fsp3) is 0.700. The number of unbranched alkanes of at least 4 members (excludes halogenated alkanes) is 1. The van der Waals surface area contributed by atoms with E-state index in [9.17, 15) is 0 Å². The average molecular weight is 304 g/mol. The molecule has 1 aliphatic rings. The molecule has 1 N–H and O–H groups in total. The summed E-state index contributed by atoms with van der Waals surface area (Å²) in [6, 6.07) is 8.69. The second-order valence-corrected chi connectivity index (χ2v) is 7.38. The molecule has 0 atom stereocenters. The van der Waals surface area contributed by atoms with Crippen molar-refractivity contribution < 1.29 is 9.64 Å². The molecule has 0 aliphatic carbocycles. The highest BCUT2D eigenvalue weighted by molar-refractivity contribution is 5.31. The summed E-state index contributed by atoms with van der Waals surface area (Å²) in [5, 5.41) is 0. The minimum atomic E-state index is 0.260. The zero-order valence-corrected chi connectivity index (χ0v) is 14.8. The third kappa shape index (κ3) is 5.31. The van der Waals surface area contributed by atoms with Gasteiger partial charge in [-0.15, -0.1) is 0 Å². The van der Waals surface area contributed by atoms with Gasteiger partial charge in [0.2, 0.25) is 0 Å². The van der Waals surface area contributed by atoms with E-state index in [-0.39, 0.29) is 5.41 Å². The Kier molecular flexibility index (Phi) is 6.75. The molecule has 1 saturated heterocycles. The van der Waals surface area contributed by atoms with Gasteiger partial charge in [0, 0.05) is 0 Å². The maximum atomic E-state index is 5.89. The molecule has 1 aliphatic heterocycles. The number of benzene rings is 1. The summed E-state index contributed by atoms with van der Waals surface area (Å²) in [5.41, 5.74) is 1.66. The standard InChI is InChI=1S/C20H33NO/c1-4-20(2,3)18-10-12-19(13-11-18)22-17-9-8-16-21-14-6-5-7-15-21/h10-13H,4-9,14-17H2,1-3H3/p+1. The van der Waals surface area contributed by atoms with Crippen molar-refractivity contribution in [1.29, 1.82) is 0 Å². The largest absolute Gasteiger partial charge is 0.494 e. The quantitative estimate of drug-likeness (QED) is 0.725. The summed E-state index contributed by atoms with van der Waals surface area (Å²) in [7, 11) is 0. The molecule has 0 unspecified atom stereocenters. The van der Waals surface area contributed by atoms with Gasteiger partial charge < -0.3 is 9.64 Å². The van der Waals surface area contributed by atoms with E-state index in [0.717, 1.165) is 18.8 Å². The van der Waals surface area contributed by atoms with Crippen LogP contribution in [-0.4, -0.2) is 26.2 Å². The molecule has 2 heteroatoms. The molecule has 0 bridgehead atoms. The molecule has 0 saturated carbocycles. The van der Waals surface area contributed by atoms with Crippen LogP contribution in [0.5, 0.6) is 5.75 Å². The number of hydrogen-bond donors (Lipinski definition) is 1. The molecule has 1 aromatic rings. The Hall–Kier alpha value is -1.02. The Balaban J connectivity index is 1.64. The second kappa shape index (κ2) is 8.57. The molecule has 1 aromatic carbocycles. The van der Waals surface area contributed by atoms with E-state index in [1.807, 2.05) is 0 Å². The third-order valence-corrected chi connectivity index (χ3v) is 5.27. The van der Waals surface area contributed by atoms with Crippen LogP contribution in [0.2, 0.25) is 0 Å². The average Bonchev–Trinajstić information content (AvgIpc) is 2.56. The van der Waals surface area contributed by atoms with E-state index >= 15 is 0 Å². The number of nitrogens with one attached hydrogen (secondary N) is 1. The van der Waals surface area contributed by atoms with Crippen LogP contribution in [0.1, 0.15) is 64.9 Å². The van der Waals surface area contributed by atoms with Gasteiger partial charge in [0.1, 0.15) is 5.75 Å². The van der Waals surface area contributed by atoms with Gasteiger partial charge in [0.05, 0.1) is 26.2 Å². The normalized spacial score (nSPS) is 16.7. The maximum Gasteiger partial charge on any atom is 0.119 e. The molecule has 124 valence electrons. The molecule has 2 rings (SSSR count). The fourth-order valence-corrected chi connectivity index (χ4v) is 3.18. The van der Waals surface area contributed by atoms with Crippen molar-refractivity contribution in [2.75, 3.05) is 26.2 Å². The summed E-state index contributed by atoms with van der Waals surface area (Å²) in [5.74, 6) is 1.01. The number of hydrogen-bond acceptors (Lipinski definition) is 1. The molecule has 22 heavy (non-hydrogen) atoms. The SMILES string of the molecule is CCC(C)(C)c1ccc(OCCCC[NH+]2CCCCC2)cc1. The predicted molar refractivity (Wildman–Crippen MR) is 93.9 cm³/mol. The van der Waals surface area contributed by atoms with Crippen molar-refractivity contribution in [3.63, 3.8) is 0 Å². The summed E-state index contributed by atoms with van der Waals surface area (Å²) < 4.78 is 5.89. The van der Waals surface area contributed by atoms with Crippen molar-refractivity contribution in [2.45, 2.75) is 64.7 Å². The van der Waals surface area contributed by atoms with Gasteiger partial charge in [-0.25, -0.2) is 0 Å². The highest BCUT2D eigenvalue weighted by atomic mass is 16.5. The number of likely N-dealkylation sites (tertiary alicyclic amines) is 1. The monoisotopic (exact) mass is 304 g/mol. The zero-order valence-electron chi connectivity index (χ0n) is 14.8. The molecule has 0 radical (unpaired) electrons. The Labute approximate surface area is 136 Å². The predicted octanol–water partition coefficient (Wildman–Crippen LogP) is 3.60. The van der Waals surface area contributed by atoms with E-state index in [2.05, 4.69) is 45.0 Å². The number of rotatable bonds is 8. The molecule has 0 spiro atoms. The summed E-state index contributed by atoms with van der Waals surface area (Å²) in [6.45, 7) is 11.8. The first-order valence-corrected chi connectivity index (χ1v) is 9.19. The van der Waals surface area contributed by atoms with Crippen molar-refractivity contribution in [3.05, 3.63) is 29.8 Å². The van der Waals surface area contributed by atoms with Gasteiger partial charge in [0.15, 0.2) is 0 Å². The van der Waals surface area contributed by atoms with E-state index in [0.29, 0.717) is 0 Å². The van der Waals surface area contributed by atoms with Gasteiger partial charge in [-0.05, 0) is 61.6 Å². The van der Waals surface area contributed by atoms with Crippen molar-refractivity contribution in [2.24, 2.45) is 0 Å². The lowest BCUT2D eigenvalue weighted by Gasteiger charge is -2.23. The lowest BCUT2D eigenvalue weighted by Crippen LogP contribution is -3.12. The molecular formula is C20H34NO+. The molecule has 0 aromatic heterocycles. The van der Waals surface area contributed by atoms with Crippen LogP contribution in [0.4, 0.5) is 0 Å². The smallest absolute Gasteiger partial charge is 0.119 e. The molecule has 0 amide bonds. The van der Waals surface area contributed by atoms with E-state index in [4.69, 9.17) is 4.74 Å². The summed E-state index contributed by atoms with van der Waals surface area (Å²) >= 11 is 0. The summed E-state index contributed by atoms with van der Waals surface area (Å²) in [4.78, 5) is 1.80. The lowest BCUT2D eigenvalue weighted by molar-refractivity contribution is -0.905. The van der Waals surface area contributed by atoms with Crippen molar-refractivity contribution >= 4 is 0 Å². The van der Waals surface area contributed by atoms with E-state index < -0.39 is 0 Å². The van der Waals surface area contributed by atoms with E-state index in [1.165, 1.54) is 57.3 Å². The summed E-state index contributed by atoms with van der Waals surface area (Å²) in [6.07, 6.45) is 7.91. The third-order valence-electron chi connectivity index (χ3n) is 5.27. The van der Waals surface area contributed by atoms with Gasteiger partial charge in [0.25, 0.3) is 0 Å². The van der Waals surface area contributed by atoms with Gasteiger partial charge in [-0.1, -0.05) is 32.9 Å². The minimum absolute atomic E-state index is 0.260. The highest BCUT2D eigenvalue weighted by Gasteiger charge is 2.17. The first-order chi connectivity index (χ1) is 10.6. The van der Waals surface area contributed by atoms with Gasteiger partial charge in [-0.3, -0.25) is 0 Å². The first kappa shape index (κ1) is 17.3.